The maximum Gasteiger partial charge on any atom is 0.170 e. The molecule has 11 heavy (non-hydrogen) atoms. The molecular formula is C5H10FNO4. The maximum atomic E-state index is 12.7. The van der Waals surface area contributed by atoms with Crippen molar-refractivity contribution in [1.29, 1.82) is 0 Å². The Morgan fingerprint density at radius 2 is 2.18 bits per heavy atom. The standard InChI is InChI=1S/C5H10FNO4/c6-3-4(9)2(1-8)11-5(3)7-10/h2-5,7-10H,1H2/t2-,3+,4+,5-/m1/s1. The molecule has 4 atom stereocenters. The van der Waals surface area contributed by atoms with Gasteiger partial charge in [0.1, 0.15) is 12.2 Å². The zero-order valence-corrected chi connectivity index (χ0v) is 5.64. The summed E-state index contributed by atoms with van der Waals surface area (Å²) < 4.78 is 17.4. The SMILES string of the molecule is OC[C@H]1O[C@@H](NO)[C@@H](F)[C@H]1O. The van der Waals surface area contributed by atoms with E-state index in [-0.39, 0.29) is 0 Å². The van der Waals surface area contributed by atoms with Gasteiger partial charge in [-0.15, -0.1) is 0 Å². The molecule has 1 aliphatic heterocycles. The van der Waals surface area contributed by atoms with Crippen molar-refractivity contribution >= 4 is 0 Å². The van der Waals surface area contributed by atoms with Gasteiger partial charge in [-0.05, 0) is 0 Å². The second kappa shape index (κ2) is 3.42. The van der Waals surface area contributed by atoms with E-state index in [4.69, 9.17) is 15.4 Å². The first-order valence-electron chi connectivity index (χ1n) is 3.18. The van der Waals surface area contributed by atoms with Crippen LogP contribution < -0.4 is 5.48 Å². The summed E-state index contributed by atoms with van der Waals surface area (Å²) in [5, 5.41) is 25.7. The summed E-state index contributed by atoms with van der Waals surface area (Å²) in [7, 11) is 0. The molecule has 66 valence electrons. The van der Waals surface area contributed by atoms with E-state index in [0.717, 1.165) is 0 Å². The van der Waals surface area contributed by atoms with Crippen LogP contribution in [-0.4, -0.2) is 46.6 Å². The molecule has 1 fully saturated rings. The molecule has 0 radical (unpaired) electrons. The van der Waals surface area contributed by atoms with E-state index in [0.29, 0.717) is 0 Å². The van der Waals surface area contributed by atoms with E-state index in [9.17, 15) is 4.39 Å². The summed E-state index contributed by atoms with van der Waals surface area (Å²) in [5.74, 6) is 0. The Bertz CT molecular complexity index is 118. The van der Waals surface area contributed by atoms with Crippen molar-refractivity contribution in [2.24, 2.45) is 0 Å². The van der Waals surface area contributed by atoms with Gasteiger partial charge in [0, 0.05) is 0 Å². The molecular weight excluding hydrogens is 157 g/mol. The molecule has 0 unspecified atom stereocenters. The predicted molar refractivity (Wildman–Crippen MR) is 31.6 cm³/mol. The smallest absolute Gasteiger partial charge is 0.170 e. The minimum Gasteiger partial charge on any atom is -0.394 e. The minimum atomic E-state index is -1.71. The molecule has 4 N–H and O–H groups in total. The quantitative estimate of drug-likeness (QED) is 0.372. The molecule has 0 aromatic rings. The number of hydroxylamine groups is 1. The first-order chi connectivity index (χ1) is 5.20. The highest BCUT2D eigenvalue weighted by atomic mass is 19.1. The van der Waals surface area contributed by atoms with Gasteiger partial charge in [-0.3, -0.25) is 0 Å². The van der Waals surface area contributed by atoms with Crippen molar-refractivity contribution < 1.29 is 24.5 Å². The summed E-state index contributed by atoms with van der Waals surface area (Å²) in [6.07, 6.45) is -5.31. The summed E-state index contributed by atoms with van der Waals surface area (Å²) >= 11 is 0. The lowest BCUT2D eigenvalue weighted by Gasteiger charge is -2.08. The van der Waals surface area contributed by atoms with Crippen LogP contribution in [0.4, 0.5) is 4.39 Å². The molecule has 0 saturated carbocycles. The van der Waals surface area contributed by atoms with E-state index in [1.54, 1.807) is 5.48 Å². The lowest BCUT2D eigenvalue weighted by Crippen LogP contribution is -2.36. The number of alkyl halides is 1. The number of ether oxygens (including phenoxy) is 1. The highest BCUT2D eigenvalue weighted by Crippen LogP contribution is 2.21. The normalized spacial score (nSPS) is 44.7. The van der Waals surface area contributed by atoms with Crippen LogP contribution in [0, 0.1) is 0 Å². The number of nitrogens with one attached hydrogen (secondary N) is 1. The Morgan fingerprint density at radius 3 is 2.45 bits per heavy atom. The topological polar surface area (TPSA) is 82.0 Å². The number of rotatable bonds is 2. The maximum absolute atomic E-state index is 12.7. The van der Waals surface area contributed by atoms with E-state index in [1.165, 1.54) is 0 Å². The van der Waals surface area contributed by atoms with Crippen molar-refractivity contribution in [2.75, 3.05) is 6.61 Å². The molecule has 1 rings (SSSR count). The minimum absolute atomic E-state index is 0.472. The molecule has 0 amide bonds. The van der Waals surface area contributed by atoms with Crippen molar-refractivity contribution in [3.05, 3.63) is 0 Å². The number of halogens is 1. The Morgan fingerprint density at radius 1 is 1.55 bits per heavy atom. The Balaban J connectivity index is 2.53. The second-order valence-electron chi connectivity index (χ2n) is 2.34. The highest BCUT2D eigenvalue weighted by Gasteiger charge is 2.43. The summed E-state index contributed by atoms with van der Waals surface area (Å²) in [6, 6.07) is 0. The average molecular weight is 167 g/mol. The van der Waals surface area contributed by atoms with Gasteiger partial charge in [-0.2, -0.15) is 5.48 Å². The predicted octanol–water partition coefficient (Wildman–Crippen LogP) is -1.62. The Hall–Kier alpha value is -0.270. The fourth-order valence-corrected chi connectivity index (χ4v) is 0.981. The number of hydrogen-bond acceptors (Lipinski definition) is 5. The lowest BCUT2D eigenvalue weighted by molar-refractivity contribution is -0.0782. The van der Waals surface area contributed by atoms with Crippen LogP contribution >= 0.6 is 0 Å². The lowest BCUT2D eigenvalue weighted by atomic mass is 10.1. The number of aliphatic hydroxyl groups is 2. The molecule has 1 saturated heterocycles. The Labute approximate surface area is 62.4 Å². The van der Waals surface area contributed by atoms with Crippen LogP contribution in [0.15, 0.2) is 0 Å². The zero-order chi connectivity index (χ0) is 8.43. The van der Waals surface area contributed by atoms with E-state index in [1.807, 2.05) is 0 Å². The summed E-state index contributed by atoms with van der Waals surface area (Å²) in [4.78, 5) is 0. The Kier molecular flexibility index (Phi) is 2.74. The first kappa shape index (κ1) is 8.82. The largest absolute Gasteiger partial charge is 0.394 e. The van der Waals surface area contributed by atoms with E-state index in [2.05, 4.69) is 4.74 Å². The molecule has 5 nitrogen and oxygen atoms in total. The third kappa shape index (κ3) is 1.49. The van der Waals surface area contributed by atoms with Gasteiger partial charge in [-0.1, -0.05) is 0 Å². The molecule has 1 aliphatic rings. The molecule has 6 heteroatoms. The van der Waals surface area contributed by atoms with Crippen LogP contribution in [0.3, 0.4) is 0 Å². The van der Waals surface area contributed by atoms with Gasteiger partial charge in [0.05, 0.1) is 6.61 Å². The van der Waals surface area contributed by atoms with Crippen LogP contribution in [-0.2, 0) is 4.74 Å². The van der Waals surface area contributed by atoms with Gasteiger partial charge in [0.25, 0.3) is 0 Å². The second-order valence-corrected chi connectivity index (χ2v) is 2.34. The molecule has 0 aliphatic carbocycles. The monoisotopic (exact) mass is 167 g/mol. The zero-order valence-electron chi connectivity index (χ0n) is 5.64. The van der Waals surface area contributed by atoms with Gasteiger partial charge in [-0.25, -0.2) is 4.39 Å². The number of hydrogen-bond donors (Lipinski definition) is 4. The van der Waals surface area contributed by atoms with Gasteiger partial charge < -0.3 is 20.2 Å². The fourth-order valence-electron chi connectivity index (χ4n) is 0.981. The fraction of sp³-hybridized carbons (Fsp3) is 1.00. The van der Waals surface area contributed by atoms with Crippen molar-refractivity contribution in [3.63, 3.8) is 0 Å². The van der Waals surface area contributed by atoms with Crippen LogP contribution in [0.25, 0.3) is 0 Å². The molecule has 1 heterocycles. The van der Waals surface area contributed by atoms with Crippen molar-refractivity contribution in [2.45, 2.75) is 24.6 Å². The van der Waals surface area contributed by atoms with Gasteiger partial charge >= 0.3 is 0 Å². The average Bonchev–Trinajstić information content (AvgIpc) is 2.30. The van der Waals surface area contributed by atoms with Crippen molar-refractivity contribution in [1.82, 2.24) is 5.48 Å². The number of aliphatic hydroxyl groups excluding tert-OH is 2. The third-order valence-electron chi connectivity index (χ3n) is 1.62. The van der Waals surface area contributed by atoms with Crippen LogP contribution in [0.1, 0.15) is 0 Å². The molecule has 0 bridgehead atoms. The highest BCUT2D eigenvalue weighted by molar-refractivity contribution is 4.87. The van der Waals surface area contributed by atoms with Crippen LogP contribution in [0.2, 0.25) is 0 Å². The third-order valence-corrected chi connectivity index (χ3v) is 1.62. The van der Waals surface area contributed by atoms with Gasteiger partial charge in [0.2, 0.25) is 0 Å². The van der Waals surface area contributed by atoms with Crippen molar-refractivity contribution in [3.8, 4) is 0 Å². The summed E-state index contributed by atoms with van der Waals surface area (Å²) in [5.41, 5.74) is 1.54. The first-order valence-corrected chi connectivity index (χ1v) is 3.18. The molecule has 0 spiro atoms. The van der Waals surface area contributed by atoms with E-state index < -0.39 is 31.2 Å². The summed E-state index contributed by atoms with van der Waals surface area (Å²) in [6.45, 7) is -0.472. The van der Waals surface area contributed by atoms with Gasteiger partial charge in [0.15, 0.2) is 12.4 Å². The van der Waals surface area contributed by atoms with E-state index >= 15 is 0 Å². The van der Waals surface area contributed by atoms with Crippen LogP contribution in [0.5, 0.6) is 0 Å². The molecule has 0 aromatic heterocycles. The molecule has 0 aromatic carbocycles.